The van der Waals surface area contributed by atoms with Crippen molar-refractivity contribution in [2.45, 2.75) is 12.5 Å². The lowest BCUT2D eigenvalue weighted by Crippen LogP contribution is -2.24. The van der Waals surface area contributed by atoms with E-state index < -0.39 is 0 Å². The van der Waals surface area contributed by atoms with Gasteiger partial charge in [-0.05, 0) is 31.5 Å². The van der Waals surface area contributed by atoms with Crippen LogP contribution in [0.5, 0.6) is 0 Å². The van der Waals surface area contributed by atoms with Gasteiger partial charge >= 0.3 is 0 Å². The predicted octanol–water partition coefficient (Wildman–Crippen LogP) is 1.09. The summed E-state index contributed by atoms with van der Waals surface area (Å²) in [6.07, 6.45) is 1.14. The topological polar surface area (TPSA) is 79.1 Å². The molecule has 4 N–H and O–H groups in total. The van der Waals surface area contributed by atoms with E-state index in [4.69, 9.17) is 5.84 Å². The molecule has 3 rings (SSSR count). The number of hydrogen-bond acceptors (Lipinski definition) is 7. The zero-order valence-corrected chi connectivity index (χ0v) is 11.0. The highest BCUT2D eigenvalue weighted by molar-refractivity contribution is 7.16. The van der Waals surface area contributed by atoms with Gasteiger partial charge in [0.25, 0.3) is 0 Å². The largest absolute Gasteiger partial charge is 0.365 e. The third-order valence-electron chi connectivity index (χ3n) is 3.19. The zero-order valence-electron chi connectivity index (χ0n) is 10.2. The van der Waals surface area contributed by atoms with Crippen LogP contribution in [-0.2, 0) is 0 Å². The van der Waals surface area contributed by atoms with Crippen LogP contribution < -0.4 is 16.6 Å². The van der Waals surface area contributed by atoms with Gasteiger partial charge in [-0.1, -0.05) is 0 Å². The van der Waals surface area contributed by atoms with Crippen molar-refractivity contribution in [3.63, 3.8) is 0 Å². The summed E-state index contributed by atoms with van der Waals surface area (Å²) in [6.45, 7) is 2.17. The van der Waals surface area contributed by atoms with Crippen LogP contribution in [0.3, 0.4) is 0 Å². The van der Waals surface area contributed by atoms with Gasteiger partial charge in [0, 0.05) is 12.6 Å². The van der Waals surface area contributed by atoms with Gasteiger partial charge in [-0.3, -0.25) is 5.43 Å². The average Bonchev–Trinajstić information content (AvgIpc) is 2.98. The van der Waals surface area contributed by atoms with Crippen molar-refractivity contribution >= 4 is 33.3 Å². The van der Waals surface area contributed by atoms with Crippen LogP contribution >= 0.6 is 11.3 Å². The molecule has 6 nitrogen and oxygen atoms in total. The van der Waals surface area contributed by atoms with Crippen LogP contribution in [0.25, 0.3) is 10.2 Å². The molecular weight excluding hydrogens is 248 g/mol. The number of likely N-dealkylation sites (N-methyl/N-ethyl adjacent to an activating group) is 1. The van der Waals surface area contributed by atoms with Crippen molar-refractivity contribution in [3.05, 3.63) is 11.4 Å². The summed E-state index contributed by atoms with van der Waals surface area (Å²) >= 11 is 1.59. The summed E-state index contributed by atoms with van der Waals surface area (Å²) in [5.74, 6) is 6.73. The minimum atomic E-state index is 0.443. The number of nitrogens with zero attached hydrogens (tertiary/aromatic N) is 3. The Morgan fingerprint density at radius 3 is 3.11 bits per heavy atom. The molecule has 0 aromatic carbocycles. The standard InChI is InChI=1S/C11H16N6S/c1-17-4-2-7(6-17)13-9-8-3-5-18-10(8)15-11(14-9)16-12/h3,5,7H,2,4,6,12H2,1H3,(H2,13,14,15,16). The van der Waals surface area contributed by atoms with Gasteiger partial charge in [0.1, 0.15) is 10.6 Å². The molecule has 2 aromatic heterocycles. The number of rotatable bonds is 3. The van der Waals surface area contributed by atoms with Crippen molar-refractivity contribution in [2.75, 3.05) is 30.9 Å². The second-order valence-electron chi connectivity index (χ2n) is 4.57. The number of fused-ring (bicyclic) bond motifs is 1. The van der Waals surface area contributed by atoms with Gasteiger partial charge in [0.2, 0.25) is 5.95 Å². The monoisotopic (exact) mass is 264 g/mol. The van der Waals surface area contributed by atoms with Gasteiger partial charge in [0.05, 0.1) is 5.39 Å². The maximum Gasteiger partial charge on any atom is 0.240 e. The number of hydrazine groups is 1. The van der Waals surface area contributed by atoms with Crippen molar-refractivity contribution < 1.29 is 0 Å². The summed E-state index contributed by atoms with van der Waals surface area (Å²) in [5, 5.41) is 6.58. The Kier molecular flexibility index (Phi) is 3.02. The Bertz CT molecular complexity index is 553. The second-order valence-corrected chi connectivity index (χ2v) is 5.47. The summed E-state index contributed by atoms with van der Waals surface area (Å²) in [4.78, 5) is 12.0. The van der Waals surface area contributed by atoms with Gasteiger partial charge in [-0.15, -0.1) is 11.3 Å². The van der Waals surface area contributed by atoms with Crippen LogP contribution in [-0.4, -0.2) is 41.0 Å². The van der Waals surface area contributed by atoms with Gasteiger partial charge in [-0.25, -0.2) is 10.8 Å². The number of hydrogen-bond donors (Lipinski definition) is 3. The average molecular weight is 264 g/mol. The van der Waals surface area contributed by atoms with Crippen LogP contribution in [0.1, 0.15) is 6.42 Å². The highest BCUT2D eigenvalue weighted by atomic mass is 32.1. The molecule has 1 saturated heterocycles. The fourth-order valence-corrected chi connectivity index (χ4v) is 3.04. The maximum absolute atomic E-state index is 5.40. The molecule has 7 heteroatoms. The third-order valence-corrected chi connectivity index (χ3v) is 3.99. The van der Waals surface area contributed by atoms with Gasteiger partial charge in [0.15, 0.2) is 0 Å². The lowest BCUT2D eigenvalue weighted by Gasteiger charge is -2.14. The Balaban J connectivity index is 1.92. The number of thiophene rings is 1. The van der Waals surface area contributed by atoms with E-state index >= 15 is 0 Å². The van der Waals surface area contributed by atoms with E-state index in [1.54, 1.807) is 11.3 Å². The Morgan fingerprint density at radius 2 is 2.39 bits per heavy atom. The lowest BCUT2D eigenvalue weighted by atomic mass is 10.2. The number of likely N-dealkylation sites (tertiary alicyclic amines) is 1. The first kappa shape index (κ1) is 11.6. The van der Waals surface area contributed by atoms with E-state index in [2.05, 4.69) is 32.7 Å². The Morgan fingerprint density at radius 1 is 1.50 bits per heavy atom. The maximum atomic E-state index is 5.40. The first-order valence-corrected chi connectivity index (χ1v) is 6.81. The van der Waals surface area contributed by atoms with Crippen molar-refractivity contribution in [2.24, 2.45) is 5.84 Å². The molecule has 96 valence electrons. The molecule has 0 spiro atoms. The smallest absolute Gasteiger partial charge is 0.240 e. The van der Waals surface area contributed by atoms with E-state index in [1.807, 2.05) is 11.4 Å². The fourth-order valence-electron chi connectivity index (χ4n) is 2.28. The van der Waals surface area contributed by atoms with Gasteiger partial charge < -0.3 is 10.2 Å². The number of anilines is 2. The predicted molar refractivity (Wildman–Crippen MR) is 74.7 cm³/mol. The Labute approximate surface area is 109 Å². The highest BCUT2D eigenvalue weighted by Crippen LogP contribution is 2.27. The van der Waals surface area contributed by atoms with Crippen molar-refractivity contribution in [1.82, 2.24) is 14.9 Å². The van der Waals surface area contributed by atoms with Crippen molar-refractivity contribution in [3.8, 4) is 0 Å². The molecule has 1 atom stereocenters. The van der Waals surface area contributed by atoms with Crippen molar-refractivity contribution in [1.29, 1.82) is 0 Å². The van der Waals surface area contributed by atoms with E-state index in [-0.39, 0.29) is 0 Å². The quantitative estimate of drug-likeness (QED) is 0.569. The molecule has 1 aliphatic rings. The first-order valence-electron chi connectivity index (χ1n) is 5.93. The normalized spacial score (nSPS) is 20.4. The minimum absolute atomic E-state index is 0.443. The number of aromatic nitrogens is 2. The van der Waals surface area contributed by atoms with Gasteiger partial charge in [-0.2, -0.15) is 4.98 Å². The van der Waals surface area contributed by atoms with Crippen LogP contribution in [0.15, 0.2) is 11.4 Å². The van der Waals surface area contributed by atoms with Crippen LogP contribution in [0.2, 0.25) is 0 Å². The van der Waals surface area contributed by atoms with Crippen LogP contribution in [0, 0.1) is 0 Å². The lowest BCUT2D eigenvalue weighted by molar-refractivity contribution is 0.414. The fraction of sp³-hybridized carbons (Fsp3) is 0.455. The summed E-state index contributed by atoms with van der Waals surface area (Å²) in [6, 6.07) is 2.49. The molecule has 0 saturated carbocycles. The number of nitrogen functional groups attached to an aromatic ring is 1. The third kappa shape index (κ3) is 2.12. The summed E-state index contributed by atoms with van der Waals surface area (Å²) < 4.78 is 0. The Hall–Kier alpha value is -1.44. The molecule has 1 fully saturated rings. The molecule has 2 aromatic rings. The van der Waals surface area contributed by atoms with E-state index in [0.29, 0.717) is 12.0 Å². The summed E-state index contributed by atoms with van der Waals surface area (Å²) in [7, 11) is 2.13. The summed E-state index contributed by atoms with van der Waals surface area (Å²) in [5.41, 5.74) is 2.52. The molecular formula is C11H16N6S. The molecule has 0 radical (unpaired) electrons. The second kappa shape index (κ2) is 4.68. The molecule has 0 bridgehead atoms. The molecule has 1 aliphatic heterocycles. The minimum Gasteiger partial charge on any atom is -0.365 e. The molecule has 3 heterocycles. The molecule has 18 heavy (non-hydrogen) atoms. The highest BCUT2D eigenvalue weighted by Gasteiger charge is 2.20. The van der Waals surface area contributed by atoms with Crippen LogP contribution in [0.4, 0.5) is 11.8 Å². The molecule has 0 aliphatic carbocycles. The molecule has 0 amide bonds. The number of nitrogens with one attached hydrogen (secondary N) is 2. The SMILES string of the molecule is CN1CCC(Nc2nc(NN)nc3sccc23)C1. The van der Waals surface area contributed by atoms with E-state index in [1.165, 1.54) is 0 Å². The zero-order chi connectivity index (χ0) is 12.5. The van der Waals surface area contributed by atoms with E-state index in [0.717, 1.165) is 35.5 Å². The van der Waals surface area contributed by atoms with E-state index in [9.17, 15) is 0 Å². The first-order chi connectivity index (χ1) is 8.76. The molecule has 1 unspecified atom stereocenters. The number of nitrogens with two attached hydrogens (primary N) is 1.